The van der Waals surface area contributed by atoms with Crippen LogP contribution < -0.4 is 4.74 Å². The fourth-order valence-corrected chi connectivity index (χ4v) is 3.80. The summed E-state index contributed by atoms with van der Waals surface area (Å²) in [6, 6.07) is 24.3. The zero-order valence-electron chi connectivity index (χ0n) is 14.7. The molecule has 0 bridgehead atoms. The summed E-state index contributed by atoms with van der Waals surface area (Å²) in [7, 11) is 1.64. The van der Waals surface area contributed by atoms with Crippen LogP contribution in [0.1, 0.15) is 22.9 Å². The van der Waals surface area contributed by atoms with Gasteiger partial charge in [-0.1, -0.05) is 48.5 Å². The molecular weight excluding hydrogens is 359 g/mol. The highest BCUT2D eigenvalue weighted by atomic mass is 32.2. The predicted molar refractivity (Wildman–Crippen MR) is 109 cm³/mol. The monoisotopic (exact) mass is 376 g/mol. The molecular formula is C22H17FN2OS. The van der Waals surface area contributed by atoms with Crippen molar-refractivity contribution in [1.82, 2.24) is 0 Å². The number of halogens is 1. The van der Waals surface area contributed by atoms with E-state index in [1.807, 2.05) is 54.6 Å². The number of nitrogens with zero attached hydrogens (tertiary/aromatic N) is 2. The molecule has 0 N–H and O–H groups in total. The molecule has 1 aliphatic heterocycles. The molecule has 0 saturated heterocycles. The summed E-state index contributed by atoms with van der Waals surface area (Å²) in [5, 5.41) is 1.63. The summed E-state index contributed by atoms with van der Waals surface area (Å²) in [6.07, 6.45) is -0.611. The van der Waals surface area contributed by atoms with Crippen LogP contribution in [0, 0.1) is 5.82 Å². The van der Waals surface area contributed by atoms with Crippen molar-refractivity contribution in [2.24, 2.45) is 9.98 Å². The smallest absolute Gasteiger partial charge is 0.170 e. The van der Waals surface area contributed by atoms with E-state index in [1.54, 1.807) is 25.3 Å². The Morgan fingerprint density at radius 1 is 0.778 bits per heavy atom. The average molecular weight is 376 g/mol. The van der Waals surface area contributed by atoms with Crippen molar-refractivity contribution in [3.8, 4) is 5.75 Å². The Kier molecular flexibility index (Phi) is 5.03. The first-order valence-corrected chi connectivity index (χ1v) is 9.34. The van der Waals surface area contributed by atoms with Crippen molar-refractivity contribution in [3.63, 3.8) is 0 Å². The van der Waals surface area contributed by atoms with Gasteiger partial charge in [0.25, 0.3) is 0 Å². The van der Waals surface area contributed by atoms with E-state index in [1.165, 1.54) is 17.8 Å². The quantitative estimate of drug-likeness (QED) is 0.605. The third kappa shape index (κ3) is 3.78. The Hall–Kier alpha value is -2.92. The van der Waals surface area contributed by atoms with Crippen molar-refractivity contribution in [3.05, 3.63) is 101 Å². The minimum atomic E-state index is -0.611. The first kappa shape index (κ1) is 17.5. The van der Waals surface area contributed by atoms with E-state index in [4.69, 9.17) is 14.7 Å². The number of aliphatic imine (C=N–C) groups is 2. The standard InChI is InChI=1S/C22H17FN2OS/c1-26-17-13-11-16(12-14-17)22-25-20(18-9-5-6-10-19(18)23)24-21(27-22)15-7-3-2-4-8-15/h2-14,20H,1H3/t20-/m1/s1. The van der Waals surface area contributed by atoms with Gasteiger partial charge < -0.3 is 4.74 Å². The lowest BCUT2D eigenvalue weighted by Gasteiger charge is -2.20. The topological polar surface area (TPSA) is 34.0 Å². The van der Waals surface area contributed by atoms with Crippen LogP contribution in [0.5, 0.6) is 5.75 Å². The van der Waals surface area contributed by atoms with Crippen molar-refractivity contribution in [2.75, 3.05) is 7.11 Å². The number of hydrogen-bond donors (Lipinski definition) is 0. The minimum Gasteiger partial charge on any atom is -0.497 e. The average Bonchev–Trinajstić information content (AvgIpc) is 2.74. The summed E-state index contributed by atoms with van der Waals surface area (Å²) >= 11 is 1.49. The number of benzene rings is 3. The van der Waals surface area contributed by atoms with Gasteiger partial charge in [0.2, 0.25) is 0 Å². The zero-order chi connectivity index (χ0) is 18.6. The van der Waals surface area contributed by atoms with E-state index >= 15 is 0 Å². The van der Waals surface area contributed by atoms with Crippen LogP contribution in [-0.2, 0) is 0 Å². The lowest BCUT2D eigenvalue weighted by molar-refractivity contribution is 0.415. The maximum Gasteiger partial charge on any atom is 0.170 e. The Morgan fingerprint density at radius 3 is 2.00 bits per heavy atom. The third-order valence-electron chi connectivity index (χ3n) is 4.21. The maximum atomic E-state index is 14.4. The molecule has 1 atom stereocenters. The summed E-state index contributed by atoms with van der Waals surface area (Å²) in [5.74, 6) is 0.478. The Bertz CT molecular complexity index is 1000. The molecule has 1 heterocycles. The second-order valence-electron chi connectivity index (χ2n) is 5.96. The number of hydrogen-bond acceptors (Lipinski definition) is 4. The van der Waals surface area contributed by atoms with Crippen LogP contribution in [0.2, 0.25) is 0 Å². The van der Waals surface area contributed by atoms with Crippen molar-refractivity contribution < 1.29 is 9.13 Å². The highest BCUT2D eigenvalue weighted by molar-refractivity contribution is 8.27. The van der Waals surface area contributed by atoms with Crippen LogP contribution in [-0.4, -0.2) is 17.2 Å². The van der Waals surface area contributed by atoms with E-state index < -0.39 is 6.17 Å². The van der Waals surface area contributed by atoms with E-state index in [-0.39, 0.29) is 5.82 Å². The predicted octanol–water partition coefficient (Wildman–Crippen LogP) is 5.47. The number of thioether (sulfide) groups is 1. The van der Waals surface area contributed by atoms with E-state index in [0.717, 1.165) is 27.0 Å². The SMILES string of the molecule is COc1ccc(C2=N[C@H](c3ccccc3F)N=C(c3ccccc3)S2)cc1. The minimum absolute atomic E-state index is 0.302. The van der Waals surface area contributed by atoms with Gasteiger partial charge in [-0.2, -0.15) is 0 Å². The maximum absolute atomic E-state index is 14.4. The molecule has 0 radical (unpaired) electrons. The van der Waals surface area contributed by atoms with Gasteiger partial charge >= 0.3 is 0 Å². The molecule has 0 aromatic heterocycles. The molecule has 5 heteroatoms. The molecule has 3 aromatic rings. The Balaban J connectivity index is 1.78. The van der Waals surface area contributed by atoms with Crippen LogP contribution in [0.15, 0.2) is 88.8 Å². The van der Waals surface area contributed by atoms with Gasteiger partial charge in [-0.15, -0.1) is 0 Å². The van der Waals surface area contributed by atoms with Gasteiger partial charge in [0.15, 0.2) is 6.17 Å². The van der Waals surface area contributed by atoms with Gasteiger partial charge in [-0.3, -0.25) is 0 Å². The zero-order valence-corrected chi connectivity index (χ0v) is 15.5. The molecule has 4 rings (SSSR count). The third-order valence-corrected chi connectivity index (χ3v) is 5.28. The number of ether oxygens (including phenoxy) is 1. The molecule has 0 unspecified atom stereocenters. The van der Waals surface area contributed by atoms with Gasteiger partial charge in [0.1, 0.15) is 21.7 Å². The Labute approximate surface area is 161 Å². The van der Waals surface area contributed by atoms with Crippen LogP contribution in [0.25, 0.3) is 0 Å². The molecule has 0 amide bonds. The highest BCUT2D eigenvalue weighted by Crippen LogP contribution is 2.33. The molecule has 3 nitrogen and oxygen atoms in total. The Morgan fingerprint density at radius 2 is 1.37 bits per heavy atom. The lowest BCUT2D eigenvalue weighted by atomic mass is 10.1. The second kappa shape index (κ2) is 7.76. The van der Waals surface area contributed by atoms with Gasteiger partial charge in [0.05, 0.1) is 7.11 Å². The normalized spacial score (nSPS) is 16.4. The second-order valence-corrected chi connectivity index (χ2v) is 6.94. The lowest BCUT2D eigenvalue weighted by Crippen LogP contribution is -2.13. The van der Waals surface area contributed by atoms with Crippen molar-refractivity contribution >= 4 is 21.8 Å². The number of rotatable bonds is 4. The molecule has 0 aliphatic carbocycles. The summed E-state index contributed by atoms with van der Waals surface area (Å²) in [5.41, 5.74) is 2.41. The van der Waals surface area contributed by atoms with E-state index in [0.29, 0.717) is 5.56 Å². The molecule has 3 aromatic carbocycles. The fraction of sp³-hybridized carbons (Fsp3) is 0.0909. The van der Waals surface area contributed by atoms with E-state index in [2.05, 4.69) is 0 Å². The molecule has 0 saturated carbocycles. The van der Waals surface area contributed by atoms with Crippen molar-refractivity contribution in [1.29, 1.82) is 0 Å². The summed E-state index contributed by atoms with van der Waals surface area (Å²) in [4.78, 5) is 9.45. The largest absolute Gasteiger partial charge is 0.497 e. The molecule has 0 spiro atoms. The van der Waals surface area contributed by atoms with Gasteiger partial charge in [0, 0.05) is 16.7 Å². The van der Waals surface area contributed by atoms with Crippen LogP contribution in [0.4, 0.5) is 4.39 Å². The summed E-state index contributed by atoms with van der Waals surface area (Å²) < 4.78 is 19.6. The van der Waals surface area contributed by atoms with E-state index in [9.17, 15) is 4.39 Å². The van der Waals surface area contributed by atoms with Gasteiger partial charge in [-0.05, 0) is 42.1 Å². The molecule has 1 aliphatic rings. The highest BCUT2D eigenvalue weighted by Gasteiger charge is 2.23. The molecule has 0 fully saturated rings. The first-order chi connectivity index (χ1) is 13.2. The summed E-state index contributed by atoms with van der Waals surface area (Å²) in [6.45, 7) is 0. The molecule has 27 heavy (non-hydrogen) atoms. The van der Waals surface area contributed by atoms with Crippen molar-refractivity contribution in [2.45, 2.75) is 6.17 Å². The van der Waals surface area contributed by atoms with Gasteiger partial charge in [-0.25, -0.2) is 14.4 Å². The van der Waals surface area contributed by atoms with Crippen LogP contribution >= 0.6 is 11.8 Å². The number of methoxy groups -OCH3 is 1. The molecule has 134 valence electrons. The fourth-order valence-electron chi connectivity index (χ4n) is 2.80. The van der Waals surface area contributed by atoms with Crippen LogP contribution in [0.3, 0.4) is 0 Å². The first-order valence-electron chi connectivity index (χ1n) is 8.52.